The van der Waals surface area contributed by atoms with E-state index in [9.17, 15) is 19.2 Å². The predicted molar refractivity (Wildman–Crippen MR) is 144 cm³/mol. The Bertz CT molecular complexity index is 1090. The Morgan fingerprint density at radius 3 is 2.69 bits per heavy atom. The maximum absolute atomic E-state index is 13.5. The zero-order valence-corrected chi connectivity index (χ0v) is 21.7. The lowest BCUT2D eigenvalue weighted by molar-refractivity contribution is -0.121. The number of benzene rings is 2. The summed E-state index contributed by atoms with van der Waals surface area (Å²) in [5, 5.41) is 17.5. The van der Waals surface area contributed by atoms with E-state index in [1.54, 1.807) is 23.7 Å². The molecule has 3 N–H and O–H groups in total. The van der Waals surface area contributed by atoms with Crippen LogP contribution in [0.2, 0.25) is 0 Å². The van der Waals surface area contributed by atoms with Gasteiger partial charge < -0.3 is 20.3 Å². The third-order valence-corrected chi connectivity index (χ3v) is 7.81. The number of anilines is 1. The first-order valence-electron chi connectivity index (χ1n) is 12.5. The number of aliphatic hydroxyl groups excluding tert-OH is 1. The molecule has 192 valence electrons. The molecule has 1 heterocycles. The molecule has 0 spiro atoms. The number of nitrogens with one attached hydrogen (secondary N) is 2. The quantitative estimate of drug-likeness (QED) is 0.426. The number of amides is 1. The van der Waals surface area contributed by atoms with Crippen molar-refractivity contribution in [1.29, 1.82) is 0 Å². The van der Waals surface area contributed by atoms with Gasteiger partial charge in [0.15, 0.2) is 0 Å². The topological polar surface area (TPSA) is 105 Å². The standard InChI is InChI=1S/C28H35N3O4S/c1-31(36(2)35)23-15-21(11-10-19-8-9-19)14-22(17-23)28(34)30-26(16-20-6-4-3-5-7-20)27(33)25-18-24(32)12-13-29-25/h3-7,10-11,14-15,17,19,25-27,29,33H,8-9,12-13,16,18H2,1-2H3,(H,30,34)/b11-10-. The Morgan fingerprint density at radius 1 is 1.28 bits per heavy atom. The van der Waals surface area contributed by atoms with Crippen molar-refractivity contribution in [3.05, 3.63) is 71.3 Å². The molecular formula is C28H35N3O4S. The summed E-state index contributed by atoms with van der Waals surface area (Å²) < 4.78 is 13.8. The van der Waals surface area contributed by atoms with Crippen molar-refractivity contribution < 1.29 is 19.2 Å². The highest BCUT2D eigenvalue weighted by Gasteiger charge is 2.33. The van der Waals surface area contributed by atoms with Gasteiger partial charge in [0, 0.05) is 31.0 Å². The number of piperidine rings is 1. The zero-order valence-electron chi connectivity index (χ0n) is 20.9. The Balaban J connectivity index is 1.59. The SMILES string of the molecule is CN(c1cc(/C=C\C2CC2)cc(C(=O)NC(Cc2ccccc2)C(O)C2CC(=O)CCN2)c1)[S+](C)[O-]. The van der Waals surface area contributed by atoms with Crippen molar-refractivity contribution in [3.8, 4) is 0 Å². The second-order valence-corrected chi connectivity index (χ2v) is 11.1. The first-order chi connectivity index (χ1) is 17.3. The van der Waals surface area contributed by atoms with Gasteiger partial charge in [-0.15, -0.1) is 0 Å². The van der Waals surface area contributed by atoms with Gasteiger partial charge >= 0.3 is 0 Å². The average molecular weight is 510 g/mol. The van der Waals surface area contributed by atoms with Crippen LogP contribution in [0.25, 0.3) is 6.08 Å². The van der Waals surface area contributed by atoms with Crippen molar-refractivity contribution >= 4 is 34.8 Å². The monoisotopic (exact) mass is 509 g/mol. The molecule has 1 aliphatic heterocycles. The van der Waals surface area contributed by atoms with E-state index < -0.39 is 29.5 Å². The second kappa shape index (κ2) is 12.1. The molecule has 0 radical (unpaired) electrons. The van der Waals surface area contributed by atoms with Crippen LogP contribution in [0.15, 0.2) is 54.6 Å². The maximum atomic E-state index is 13.5. The van der Waals surface area contributed by atoms with E-state index in [-0.39, 0.29) is 18.1 Å². The Labute approximate surface area is 216 Å². The number of allylic oxidation sites excluding steroid dienone is 1. The summed E-state index contributed by atoms with van der Waals surface area (Å²) in [6, 6.07) is 14.1. The van der Waals surface area contributed by atoms with E-state index in [0.717, 1.165) is 11.1 Å². The molecule has 36 heavy (non-hydrogen) atoms. The van der Waals surface area contributed by atoms with Gasteiger partial charge in [0.1, 0.15) is 12.0 Å². The fourth-order valence-corrected chi connectivity index (χ4v) is 4.85. The minimum atomic E-state index is -1.25. The molecule has 1 amide bonds. The molecule has 8 heteroatoms. The average Bonchev–Trinajstić information content (AvgIpc) is 3.71. The van der Waals surface area contributed by atoms with Crippen molar-refractivity contribution in [2.75, 3.05) is 24.2 Å². The third-order valence-electron chi connectivity index (χ3n) is 6.83. The molecule has 2 fully saturated rings. The number of ketones is 1. The van der Waals surface area contributed by atoms with Crippen LogP contribution in [0.5, 0.6) is 0 Å². The van der Waals surface area contributed by atoms with Crippen molar-refractivity contribution in [2.45, 2.75) is 50.3 Å². The van der Waals surface area contributed by atoms with Crippen LogP contribution < -0.4 is 14.9 Å². The fraction of sp³-hybridized carbons (Fsp3) is 0.429. The van der Waals surface area contributed by atoms with Gasteiger partial charge in [-0.1, -0.05) is 42.5 Å². The molecule has 2 aliphatic rings. The molecule has 4 unspecified atom stereocenters. The van der Waals surface area contributed by atoms with Crippen molar-refractivity contribution in [2.24, 2.45) is 5.92 Å². The van der Waals surface area contributed by atoms with Crippen molar-refractivity contribution in [1.82, 2.24) is 10.6 Å². The summed E-state index contributed by atoms with van der Waals surface area (Å²) in [6.07, 6.45) is 8.29. The molecule has 0 bridgehead atoms. The van der Waals surface area contributed by atoms with Crippen molar-refractivity contribution in [3.63, 3.8) is 0 Å². The van der Waals surface area contributed by atoms with E-state index in [1.807, 2.05) is 48.5 Å². The Morgan fingerprint density at radius 2 is 2.03 bits per heavy atom. The van der Waals surface area contributed by atoms with Crippen LogP contribution in [-0.4, -0.2) is 59.4 Å². The van der Waals surface area contributed by atoms with Crippen LogP contribution in [-0.2, 0) is 22.6 Å². The largest absolute Gasteiger partial charge is 0.593 e. The molecular weight excluding hydrogens is 474 g/mol. The number of nitrogens with zero attached hydrogens (tertiary/aromatic N) is 1. The highest BCUT2D eigenvalue weighted by Crippen LogP contribution is 2.31. The summed E-state index contributed by atoms with van der Waals surface area (Å²) in [6.45, 7) is 0.520. The number of carbonyl (C=O) groups excluding carboxylic acids is 2. The Hall–Kier alpha value is -2.65. The van der Waals surface area contributed by atoms with Gasteiger partial charge in [-0.05, 0) is 54.5 Å². The highest BCUT2D eigenvalue weighted by atomic mass is 32.2. The summed E-state index contributed by atoms with van der Waals surface area (Å²) >= 11 is -1.25. The molecule has 1 saturated carbocycles. The van der Waals surface area contributed by atoms with Crippen LogP contribution in [0.3, 0.4) is 0 Å². The summed E-state index contributed by atoms with van der Waals surface area (Å²) in [5.41, 5.74) is 2.95. The molecule has 0 aromatic heterocycles. The van der Waals surface area contributed by atoms with E-state index >= 15 is 0 Å². The van der Waals surface area contributed by atoms with E-state index in [4.69, 9.17) is 0 Å². The lowest BCUT2D eigenvalue weighted by atomic mass is 9.91. The van der Waals surface area contributed by atoms with E-state index in [0.29, 0.717) is 36.6 Å². The van der Waals surface area contributed by atoms with Crippen LogP contribution in [0.4, 0.5) is 5.69 Å². The normalized spacial score (nSPS) is 20.7. The number of hydrogen-bond donors (Lipinski definition) is 3. The summed E-state index contributed by atoms with van der Waals surface area (Å²) in [4.78, 5) is 25.6. The van der Waals surface area contributed by atoms with Gasteiger partial charge in [0.05, 0.1) is 36.2 Å². The van der Waals surface area contributed by atoms with Crippen LogP contribution >= 0.6 is 0 Å². The lowest BCUT2D eigenvalue weighted by Crippen LogP contribution is -2.56. The van der Waals surface area contributed by atoms with E-state index in [1.165, 1.54) is 12.8 Å². The molecule has 4 atom stereocenters. The fourth-order valence-electron chi connectivity index (χ4n) is 4.44. The van der Waals surface area contributed by atoms with Crippen LogP contribution in [0, 0.1) is 5.92 Å². The summed E-state index contributed by atoms with van der Waals surface area (Å²) in [5.74, 6) is 0.369. The van der Waals surface area contributed by atoms with Gasteiger partial charge in [-0.25, -0.2) is 0 Å². The minimum Gasteiger partial charge on any atom is -0.593 e. The minimum absolute atomic E-state index is 0.109. The first kappa shape index (κ1) is 26.4. The van der Waals surface area contributed by atoms with Gasteiger partial charge in [-0.3, -0.25) is 9.59 Å². The number of rotatable bonds is 10. The predicted octanol–water partition coefficient (Wildman–Crippen LogP) is 2.86. The number of hydrogen-bond acceptors (Lipinski definition) is 6. The number of Topliss-reactive ketones (excluding diaryl/α,β-unsaturated/α-hetero) is 1. The molecule has 2 aromatic carbocycles. The van der Waals surface area contributed by atoms with Gasteiger partial charge in [-0.2, -0.15) is 4.31 Å². The van der Waals surface area contributed by atoms with Gasteiger partial charge in [0.25, 0.3) is 5.91 Å². The second-order valence-electron chi connectivity index (χ2n) is 9.74. The zero-order chi connectivity index (χ0) is 25.7. The van der Waals surface area contributed by atoms with Gasteiger partial charge in [0.2, 0.25) is 0 Å². The van der Waals surface area contributed by atoms with Crippen LogP contribution in [0.1, 0.15) is 47.2 Å². The molecule has 4 rings (SSSR count). The number of aliphatic hydroxyl groups is 1. The molecule has 7 nitrogen and oxygen atoms in total. The number of carbonyl (C=O) groups is 2. The summed E-state index contributed by atoms with van der Waals surface area (Å²) in [7, 11) is 1.73. The van der Waals surface area contributed by atoms with E-state index in [2.05, 4.69) is 16.7 Å². The molecule has 1 saturated heterocycles. The third kappa shape index (κ3) is 7.20. The highest BCUT2D eigenvalue weighted by molar-refractivity contribution is 7.92. The Kier molecular flexibility index (Phi) is 8.85. The first-order valence-corrected chi connectivity index (χ1v) is 14.0. The smallest absolute Gasteiger partial charge is 0.251 e. The lowest BCUT2D eigenvalue weighted by Gasteiger charge is -2.33. The maximum Gasteiger partial charge on any atom is 0.251 e. The molecule has 1 aliphatic carbocycles. The molecule has 2 aromatic rings.